The Morgan fingerprint density at radius 2 is 2.54 bits per heavy atom. The molecule has 1 unspecified atom stereocenters. The third-order valence-corrected chi connectivity index (χ3v) is 4.00. The van der Waals surface area contributed by atoms with Gasteiger partial charge in [-0.1, -0.05) is 6.07 Å². The summed E-state index contributed by atoms with van der Waals surface area (Å²) in [5.41, 5.74) is 0. The minimum atomic E-state index is 0.224. The Labute approximate surface area is 87.4 Å². The van der Waals surface area contributed by atoms with Crippen LogP contribution in [-0.2, 0) is 0 Å². The van der Waals surface area contributed by atoms with E-state index >= 15 is 0 Å². The first-order valence-corrected chi connectivity index (χ1v) is 6.17. The summed E-state index contributed by atoms with van der Waals surface area (Å²) < 4.78 is 1.35. The van der Waals surface area contributed by atoms with E-state index in [-0.39, 0.29) is 12.6 Å². The number of rotatable bonds is 6. The van der Waals surface area contributed by atoms with E-state index in [4.69, 9.17) is 5.11 Å². The van der Waals surface area contributed by atoms with Crippen LogP contribution in [0.15, 0.2) is 21.7 Å². The summed E-state index contributed by atoms with van der Waals surface area (Å²) in [5.74, 6) is 1.06. The lowest BCUT2D eigenvalue weighted by Crippen LogP contribution is -2.29. The van der Waals surface area contributed by atoms with Gasteiger partial charge in [-0.15, -0.1) is 23.1 Å². The van der Waals surface area contributed by atoms with Crippen molar-refractivity contribution in [3.8, 4) is 0 Å². The van der Waals surface area contributed by atoms with Crippen molar-refractivity contribution in [3.05, 3.63) is 17.5 Å². The Morgan fingerprint density at radius 1 is 1.69 bits per heavy atom. The first-order valence-electron chi connectivity index (χ1n) is 4.31. The van der Waals surface area contributed by atoms with Crippen LogP contribution in [0.5, 0.6) is 0 Å². The molecule has 0 radical (unpaired) electrons. The smallest absolute Gasteiger partial charge is 0.0598 e. The largest absolute Gasteiger partial charge is 0.395 e. The zero-order chi connectivity index (χ0) is 9.52. The van der Waals surface area contributed by atoms with E-state index in [1.165, 1.54) is 4.21 Å². The lowest BCUT2D eigenvalue weighted by atomic mass is 10.2. The second kappa shape index (κ2) is 6.43. The molecule has 2 N–H and O–H groups in total. The summed E-state index contributed by atoms with van der Waals surface area (Å²) in [5, 5.41) is 14.1. The lowest BCUT2D eigenvalue weighted by molar-refractivity contribution is 0.246. The minimum Gasteiger partial charge on any atom is -0.395 e. The van der Waals surface area contributed by atoms with E-state index in [2.05, 4.69) is 22.8 Å². The topological polar surface area (TPSA) is 32.3 Å². The first kappa shape index (κ1) is 11.0. The van der Waals surface area contributed by atoms with Gasteiger partial charge in [0.2, 0.25) is 0 Å². The van der Waals surface area contributed by atoms with Crippen LogP contribution in [0.2, 0.25) is 0 Å². The summed E-state index contributed by atoms with van der Waals surface area (Å²) in [6, 6.07) is 4.43. The molecule has 0 saturated heterocycles. The summed E-state index contributed by atoms with van der Waals surface area (Å²) in [6.45, 7) is 0.224. The molecule has 13 heavy (non-hydrogen) atoms. The number of aliphatic hydroxyl groups is 1. The second-order valence-electron chi connectivity index (χ2n) is 2.74. The van der Waals surface area contributed by atoms with Crippen LogP contribution < -0.4 is 5.32 Å². The van der Waals surface area contributed by atoms with E-state index in [0.29, 0.717) is 0 Å². The van der Waals surface area contributed by atoms with Crippen molar-refractivity contribution >= 4 is 23.1 Å². The molecule has 0 fully saturated rings. The third-order valence-electron chi connectivity index (χ3n) is 1.83. The highest BCUT2D eigenvalue weighted by Crippen LogP contribution is 2.24. The molecular formula is C9H15NOS2. The van der Waals surface area contributed by atoms with Crippen molar-refractivity contribution in [1.82, 2.24) is 5.32 Å². The SMILES string of the molecule is CNC(CO)CCSc1cccs1. The molecule has 2 nitrogen and oxygen atoms in total. The van der Waals surface area contributed by atoms with Crippen molar-refractivity contribution in [2.45, 2.75) is 16.7 Å². The average molecular weight is 217 g/mol. The van der Waals surface area contributed by atoms with Gasteiger partial charge in [-0.3, -0.25) is 0 Å². The van der Waals surface area contributed by atoms with Crippen LogP contribution in [0.4, 0.5) is 0 Å². The zero-order valence-corrected chi connectivity index (χ0v) is 9.33. The molecule has 1 aromatic heterocycles. The maximum atomic E-state index is 8.91. The van der Waals surface area contributed by atoms with Gasteiger partial charge >= 0.3 is 0 Å². The van der Waals surface area contributed by atoms with Gasteiger partial charge in [0.25, 0.3) is 0 Å². The molecule has 0 amide bonds. The van der Waals surface area contributed by atoms with Crippen LogP contribution in [0, 0.1) is 0 Å². The zero-order valence-electron chi connectivity index (χ0n) is 7.69. The fourth-order valence-corrected chi connectivity index (χ4v) is 2.89. The summed E-state index contributed by atoms with van der Waals surface area (Å²) >= 11 is 3.62. The molecule has 0 bridgehead atoms. The van der Waals surface area contributed by atoms with Gasteiger partial charge in [-0.25, -0.2) is 0 Å². The predicted molar refractivity (Wildman–Crippen MR) is 59.6 cm³/mol. The Hall–Kier alpha value is -0.0300. The summed E-state index contributed by atoms with van der Waals surface area (Å²) in [7, 11) is 1.89. The van der Waals surface area contributed by atoms with Gasteiger partial charge in [-0.2, -0.15) is 0 Å². The molecule has 0 aliphatic heterocycles. The molecule has 1 rings (SSSR count). The molecule has 1 atom stereocenters. The highest BCUT2D eigenvalue weighted by molar-refractivity contribution is 8.01. The molecule has 4 heteroatoms. The standard InChI is InChI=1S/C9H15NOS2/c1-10-8(7-11)4-6-13-9-3-2-5-12-9/h2-3,5,8,10-11H,4,6-7H2,1H3. The molecule has 0 aliphatic rings. The van der Waals surface area contributed by atoms with Gasteiger partial charge in [0.05, 0.1) is 10.8 Å². The fourth-order valence-electron chi connectivity index (χ4n) is 0.974. The van der Waals surface area contributed by atoms with Crippen LogP contribution in [0.25, 0.3) is 0 Å². The van der Waals surface area contributed by atoms with Gasteiger partial charge < -0.3 is 10.4 Å². The lowest BCUT2D eigenvalue weighted by Gasteiger charge is -2.11. The Kier molecular flexibility index (Phi) is 5.46. The van der Waals surface area contributed by atoms with Gasteiger partial charge in [0, 0.05) is 11.8 Å². The van der Waals surface area contributed by atoms with Gasteiger partial charge in [0.1, 0.15) is 0 Å². The molecule has 74 valence electrons. The molecule has 1 heterocycles. The number of hydrogen-bond donors (Lipinski definition) is 2. The predicted octanol–water partition coefficient (Wildman–Crippen LogP) is 1.81. The molecule has 0 saturated carbocycles. The molecule has 0 aliphatic carbocycles. The second-order valence-corrected chi connectivity index (χ2v) is 5.08. The molecular weight excluding hydrogens is 202 g/mol. The van der Waals surface area contributed by atoms with E-state index in [1.54, 1.807) is 11.3 Å². The van der Waals surface area contributed by atoms with Crippen LogP contribution >= 0.6 is 23.1 Å². The Balaban J connectivity index is 2.13. The van der Waals surface area contributed by atoms with Crippen molar-refractivity contribution in [1.29, 1.82) is 0 Å². The molecule has 1 aromatic rings. The summed E-state index contributed by atoms with van der Waals surface area (Å²) in [6.07, 6.45) is 1.01. The number of likely N-dealkylation sites (N-methyl/N-ethyl adjacent to an activating group) is 1. The quantitative estimate of drug-likeness (QED) is 0.713. The fraction of sp³-hybridized carbons (Fsp3) is 0.556. The van der Waals surface area contributed by atoms with Crippen molar-refractivity contribution in [2.75, 3.05) is 19.4 Å². The minimum absolute atomic E-state index is 0.224. The first-order chi connectivity index (χ1) is 6.36. The van der Waals surface area contributed by atoms with Crippen LogP contribution in [-0.4, -0.2) is 30.6 Å². The number of nitrogens with one attached hydrogen (secondary N) is 1. The molecule has 0 spiro atoms. The maximum absolute atomic E-state index is 8.91. The average Bonchev–Trinajstić information content (AvgIpc) is 2.65. The van der Waals surface area contributed by atoms with Gasteiger partial charge in [-0.05, 0) is 24.9 Å². The van der Waals surface area contributed by atoms with Gasteiger partial charge in [0.15, 0.2) is 0 Å². The van der Waals surface area contributed by atoms with Crippen molar-refractivity contribution in [2.24, 2.45) is 0 Å². The Bertz CT molecular complexity index is 209. The normalized spacial score (nSPS) is 13.1. The Morgan fingerprint density at radius 3 is 3.08 bits per heavy atom. The van der Waals surface area contributed by atoms with Crippen LogP contribution in [0.1, 0.15) is 6.42 Å². The monoisotopic (exact) mass is 217 g/mol. The van der Waals surface area contributed by atoms with Crippen molar-refractivity contribution < 1.29 is 5.11 Å². The maximum Gasteiger partial charge on any atom is 0.0598 e. The van der Waals surface area contributed by atoms with E-state index in [9.17, 15) is 0 Å². The van der Waals surface area contributed by atoms with E-state index in [0.717, 1.165) is 12.2 Å². The third kappa shape index (κ3) is 4.13. The summed E-state index contributed by atoms with van der Waals surface area (Å²) in [4.78, 5) is 0. The number of thiophene rings is 1. The highest BCUT2D eigenvalue weighted by atomic mass is 32.2. The molecule has 0 aromatic carbocycles. The van der Waals surface area contributed by atoms with Crippen LogP contribution in [0.3, 0.4) is 0 Å². The van der Waals surface area contributed by atoms with Crippen molar-refractivity contribution in [3.63, 3.8) is 0 Å². The number of hydrogen-bond acceptors (Lipinski definition) is 4. The van der Waals surface area contributed by atoms with E-state index in [1.807, 2.05) is 18.8 Å². The number of thioether (sulfide) groups is 1. The van der Waals surface area contributed by atoms with E-state index < -0.39 is 0 Å². The highest BCUT2D eigenvalue weighted by Gasteiger charge is 2.03. The number of aliphatic hydroxyl groups excluding tert-OH is 1.